The van der Waals surface area contributed by atoms with Crippen molar-refractivity contribution in [1.82, 2.24) is 5.32 Å². The lowest BCUT2D eigenvalue weighted by Gasteiger charge is -2.11. The highest BCUT2D eigenvalue weighted by atomic mass is 16.5. The van der Waals surface area contributed by atoms with Gasteiger partial charge in [-0.25, -0.2) is 0 Å². The van der Waals surface area contributed by atoms with Gasteiger partial charge in [-0.05, 0) is 36.8 Å². The van der Waals surface area contributed by atoms with E-state index in [2.05, 4.69) is 34.3 Å². The van der Waals surface area contributed by atoms with E-state index in [1.807, 2.05) is 0 Å². The molecule has 0 heterocycles. The average Bonchev–Trinajstić information content (AvgIpc) is 3.13. The maximum atomic E-state index is 12.3. The number of fused-ring (bicyclic) bond motifs is 2. The highest BCUT2D eigenvalue weighted by Crippen LogP contribution is 2.61. The van der Waals surface area contributed by atoms with Crippen LogP contribution in [0, 0.1) is 5.92 Å². The summed E-state index contributed by atoms with van der Waals surface area (Å²) in [5.41, 5.74) is 2.88. The van der Waals surface area contributed by atoms with Gasteiger partial charge < -0.3 is 10.1 Å². The maximum absolute atomic E-state index is 12.3. The van der Waals surface area contributed by atoms with E-state index >= 15 is 0 Å². The summed E-state index contributed by atoms with van der Waals surface area (Å²) in [7, 11) is 1.38. The number of ether oxygens (including phenoxy) is 1. The Morgan fingerprint density at radius 1 is 1.38 bits per heavy atom. The molecule has 0 aromatic heterocycles. The minimum Gasteiger partial charge on any atom is -0.469 e. The second-order valence-corrected chi connectivity index (χ2v) is 6.04. The van der Waals surface area contributed by atoms with Crippen LogP contribution in [-0.4, -0.2) is 25.5 Å². The second-order valence-electron chi connectivity index (χ2n) is 6.04. The Morgan fingerprint density at radius 2 is 2.19 bits per heavy atom. The number of methoxy groups -OCH3 is 1. The predicted molar refractivity (Wildman–Crippen MR) is 78.8 cm³/mol. The Kier molecular flexibility index (Phi) is 3.70. The molecule has 1 spiro atoms. The number of hydrogen-bond acceptors (Lipinski definition) is 3. The number of carbonyl (C=O) groups excluding carboxylic acids is 2. The maximum Gasteiger partial charge on any atom is 0.305 e. The predicted octanol–water partition coefficient (Wildman–Crippen LogP) is 1.96. The highest BCUT2D eigenvalue weighted by Gasteiger charge is 2.61. The van der Waals surface area contributed by atoms with E-state index in [-0.39, 0.29) is 23.2 Å². The van der Waals surface area contributed by atoms with Crippen LogP contribution in [0.3, 0.4) is 0 Å². The van der Waals surface area contributed by atoms with Crippen LogP contribution in [0.4, 0.5) is 0 Å². The van der Waals surface area contributed by atoms with Gasteiger partial charge >= 0.3 is 5.97 Å². The minimum absolute atomic E-state index is 0.100. The zero-order valence-corrected chi connectivity index (χ0v) is 12.4. The van der Waals surface area contributed by atoms with Crippen molar-refractivity contribution >= 4 is 11.9 Å². The number of hydrogen-bond donors (Lipinski definition) is 1. The second kappa shape index (κ2) is 5.51. The first-order valence-electron chi connectivity index (χ1n) is 7.60. The normalized spacial score (nSPS) is 25.5. The van der Waals surface area contributed by atoms with E-state index in [1.54, 1.807) is 0 Å². The summed E-state index contributed by atoms with van der Waals surface area (Å²) in [6, 6.07) is 8.48. The molecule has 1 aromatic carbocycles. The molecule has 1 N–H and O–H groups in total. The quantitative estimate of drug-likeness (QED) is 0.665. The van der Waals surface area contributed by atoms with Crippen molar-refractivity contribution in [3.63, 3.8) is 0 Å². The third kappa shape index (κ3) is 2.55. The minimum atomic E-state index is -0.225. The van der Waals surface area contributed by atoms with Gasteiger partial charge in [0.05, 0.1) is 7.11 Å². The van der Waals surface area contributed by atoms with Crippen molar-refractivity contribution in [3.05, 3.63) is 35.4 Å². The molecule has 2 aliphatic carbocycles. The van der Waals surface area contributed by atoms with Gasteiger partial charge in [-0.1, -0.05) is 24.3 Å². The van der Waals surface area contributed by atoms with Crippen LogP contribution in [0.15, 0.2) is 24.3 Å². The summed E-state index contributed by atoms with van der Waals surface area (Å²) in [4.78, 5) is 23.3. The molecule has 4 heteroatoms. The van der Waals surface area contributed by atoms with Gasteiger partial charge in [0, 0.05) is 24.3 Å². The Labute approximate surface area is 124 Å². The van der Waals surface area contributed by atoms with E-state index in [0.29, 0.717) is 19.4 Å². The van der Waals surface area contributed by atoms with Crippen molar-refractivity contribution in [2.24, 2.45) is 5.92 Å². The van der Waals surface area contributed by atoms with Crippen molar-refractivity contribution in [1.29, 1.82) is 0 Å². The lowest BCUT2D eigenvalue weighted by atomic mass is 9.95. The standard InChI is InChI=1S/C17H21NO3/c1-21-15(19)7-4-10-18-16(20)14-11-17(14)9-8-12-5-2-3-6-13(12)17/h2-3,5-6,14H,4,7-11H2,1H3,(H,18,20). The Bertz CT molecular complexity index is 569. The van der Waals surface area contributed by atoms with Crippen molar-refractivity contribution in [2.75, 3.05) is 13.7 Å². The largest absolute Gasteiger partial charge is 0.469 e. The molecule has 2 atom stereocenters. The Balaban J connectivity index is 1.52. The summed E-state index contributed by atoms with van der Waals surface area (Å²) < 4.78 is 4.58. The molecule has 1 amide bonds. The van der Waals surface area contributed by atoms with Crippen LogP contribution < -0.4 is 5.32 Å². The topological polar surface area (TPSA) is 55.4 Å². The van der Waals surface area contributed by atoms with Crippen LogP contribution in [0.25, 0.3) is 0 Å². The molecular formula is C17H21NO3. The van der Waals surface area contributed by atoms with Crippen LogP contribution in [-0.2, 0) is 26.2 Å². The van der Waals surface area contributed by atoms with Gasteiger partial charge in [-0.2, -0.15) is 0 Å². The van der Waals surface area contributed by atoms with Crippen LogP contribution in [0.5, 0.6) is 0 Å². The number of esters is 1. The highest BCUT2D eigenvalue weighted by molar-refractivity contribution is 5.85. The molecule has 0 aliphatic heterocycles. The van der Waals surface area contributed by atoms with Crippen LogP contribution in [0.1, 0.15) is 36.8 Å². The zero-order valence-electron chi connectivity index (χ0n) is 12.4. The fourth-order valence-electron chi connectivity index (χ4n) is 3.61. The first-order valence-corrected chi connectivity index (χ1v) is 7.60. The summed E-state index contributed by atoms with van der Waals surface area (Å²) >= 11 is 0. The lowest BCUT2D eigenvalue weighted by Crippen LogP contribution is -2.29. The first kappa shape index (κ1) is 14.1. The fourth-order valence-corrected chi connectivity index (χ4v) is 3.61. The molecule has 2 aliphatic rings. The number of nitrogens with one attached hydrogen (secondary N) is 1. The van der Waals surface area contributed by atoms with E-state index in [9.17, 15) is 9.59 Å². The first-order chi connectivity index (χ1) is 10.2. The zero-order chi connectivity index (χ0) is 14.9. The van der Waals surface area contributed by atoms with Gasteiger partial charge in [-0.15, -0.1) is 0 Å². The Morgan fingerprint density at radius 3 is 3.00 bits per heavy atom. The van der Waals surface area contributed by atoms with Crippen molar-refractivity contribution < 1.29 is 14.3 Å². The molecule has 0 radical (unpaired) electrons. The molecule has 4 nitrogen and oxygen atoms in total. The molecule has 21 heavy (non-hydrogen) atoms. The Hall–Kier alpha value is -1.84. The molecule has 2 unspecified atom stereocenters. The third-order valence-corrected chi connectivity index (χ3v) is 4.87. The number of aryl methyl sites for hydroxylation is 1. The van der Waals surface area contributed by atoms with Gasteiger partial charge in [-0.3, -0.25) is 9.59 Å². The number of rotatable bonds is 5. The van der Waals surface area contributed by atoms with E-state index in [4.69, 9.17) is 0 Å². The molecule has 0 saturated heterocycles. The molecule has 1 fully saturated rings. The third-order valence-electron chi connectivity index (χ3n) is 4.87. The van der Waals surface area contributed by atoms with Crippen LogP contribution >= 0.6 is 0 Å². The molecule has 112 valence electrons. The number of amides is 1. The molecule has 1 aromatic rings. The van der Waals surface area contributed by atoms with E-state index in [0.717, 1.165) is 19.3 Å². The van der Waals surface area contributed by atoms with Crippen molar-refractivity contribution in [3.8, 4) is 0 Å². The average molecular weight is 287 g/mol. The summed E-state index contributed by atoms with van der Waals surface area (Å²) in [6.45, 7) is 0.544. The number of carbonyl (C=O) groups is 2. The summed E-state index contributed by atoms with van der Waals surface area (Å²) in [5, 5.41) is 2.96. The monoisotopic (exact) mass is 287 g/mol. The SMILES string of the molecule is COC(=O)CCCNC(=O)C1CC12CCc1ccccc12. The van der Waals surface area contributed by atoms with Gasteiger partial charge in [0.1, 0.15) is 0 Å². The summed E-state index contributed by atoms with van der Waals surface area (Å²) in [5.74, 6) is 0.0210. The van der Waals surface area contributed by atoms with Gasteiger partial charge in [0.25, 0.3) is 0 Å². The molecule has 0 bridgehead atoms. The molecule has 1 saturated carbocycles. The van der Waals surface area contributed by atoms with Gasteiger partial charge in [0.15, 0.2) is 0 Å². The van der Waals surface area contributed by atoms with Crippen LogP contribution in [0.2, 0.25) is 0 Å². The van der Waals surface area contributed by atoms with Crippen molar-refractivity contribution in [2.45, 2.75) is 37.5 Å². The smallest absolute Gasteiger partial charge is 0.305 e. The molecular weight excluding hydrogens is 266 g/mol. The van der Waals surface area contributed by atoms with E-state index < -0.39 is 0 Å². The number of benzene rings is 1. The summed E-state index contributed by atoms with van der Waals surface area (Å²) in [6.07, 6.45) is 4.13. The van der Waals surface area contributed by atoms with E-state index in [1.165, 1.54) is 18.2 Å². The van der Waals surface area contributed by atoms with Gasteiger partial charge in [0.2, 0.25) is 5.91 Å². The lowest BCUT2D eigenvalue weighted by molar-refractivity contribution is -0.140. The molecule has 3 rings (SSSR count). The fraction of sp³-hybridized carbons (Fsp3) is 0.529.